The molecule has 2 aromatic carbocycles. The van der Waals surface area contributed by atoms with Crippen molar-refractivity contribution in [2.45, 2.75) is 11.8 Å². The zero-order valence-corrected chi connectivity index (χ0v) is 17.0. The Bertz CT molecular complexity index is 997. The van der Waals surface area contributed by atoms with Crippen LogP contribution in [-0.2, 0) is 14.8 Å². The van der Waals surface area contributed by atoms with E-state index in [4.69, 9.17) is 5.73 Å². The van der Waals surface area contributed by atoms with E-state index in [0.29, 0.717) is 31.9 Å². The highest BCUT2D eigenvalue weighted by molar-refractivity contribution is 7.89. The highest BCUT2D eigenvalue weighted by atomic mass is 32.2. The lowest BCUT2D eigenvalue weighted by molar-refractivity contribution is -0.117. The minimum atomic E-state index is -3.54. The molecule has 1 aliphatic heterocycles. The second kappa shape index (κ2) is 8.73. The SMILES string of the molecule is Cc1ccc(S(=O)(=O)N2CCN(CC(=O)Nc3ccccc3C(N)=O)CC2)cc1. The molecule has 3 N–H and O–H groups in total. The summed E-state index contributed by atoms with van der Waals surface area (Å²) in [6, 6.07) is 13.3. The van der Waals surface area contributed by atoms with Crippen molar-refractivity contribution in [2.24, 2.45) is 5.73 Å². The summed E-state index contributed by atoms with van der Waals surface area (Å²) in [5, 5.41) is 2.70. The minimum Gasteiger partial charge on any atom is -0.366 e. The third-order valence-corrected chi connectivity index (χ3v) is 6.74. The second-order valence-corrected chi connectivity index (χ2v) is 8.89. The molecule has 0 unspecified atom stereocenters. The van der Waals surface area contributed by atoms with Crippen LogP contribution in [0.4, 0.5) is 5.69 Å². The average Bonchev–Trinajstić information content (AvgIpc) is 2.69. The van der Waals surface area contributed by atoms with Crippen molar-refractivity contribution in [3.63, 3.8) is 0 Å². The van der Waals surface area contributed by atoms with Gasteiger partial charge in [-0.3, -0.25) is 14.5 Å². The smallest absolute Gasteiger partial charge is 0.250 e. The zero-order chi connectivity index (χ0) is 21.0. The van der Waals surface area contributed by atoms with Crippen molar-refractivity contribution in [1.82, 2.24) is 9.21 Å². The van der Waals surface area contributed by atoms with Crippen molar-refractivity contribution in [2.75, 3.05) is 38.0 Å². The molecule has 2 amide bonds. The topological polar surface area (TPSA) is 113 Å². The first kappa shape index (κ1) is 21.0. The van der Waals surface area contributed by atoms with Crippen molar-refractivity contribution in [3.8, 4) is 0 Å². The van der Waals surface area contributed by atoms with Crippen molar-refractivity contribution in [3.05, 3.63) is 59.7 Å². The highest BCUT2D eigenvalue weighted by Crippen LogP contribution is 2.18. The summed E-state index contributed by atoms with van der Waals surface area (Å²) in [6.45, 7) is 3.50. The molecule has 0 bridgehead atoms. The van der Waals surface area contributed by atoms with Gasteiger partial charge in [-0.2, -0.15) is 4.31 Å². The molecular weight excluding hydrogens is 392 g/mol. The first-order valence-corrected chi connectivity index (χ1v) is 10.7. The van der Waals surface area contributed by atoms with Gasteiger partial charge in [0, 0.05) is 26.2 Å². The van der Waals surface area contributed by atoms with Gasteiger partial charge in [-0.1, -0.05) is 29.8 Å². The number of nitrogens with zero attached hydrogens (tertiary/aromatic N) is 2. The van der Waals surface area contributed by atoms with Crippen LogP contribution >= 0.6 is 0 Å². The van der Waals surface area contributed by atoms with Crippen LogP contribution in [0.1, 0.15) is 15.9 Å². The number of primary amides is 1. The number of carbonyl (C=O) groups is 2. The Labute approximate surface area is 170 Å². The number of carbonyl (C=O) groups excluding carboxylic acids is 2. The molecule has 0 aromatic heterocycles. The van der Waals surface area contributed by atoms with Crippen LogP contribution in [0.5, 0.6) is 0 Å². The number of aryl methyl sites for hydroxylation is 1. The number of hydrogen-bond acceptors (Lipinski definition) is 5. The van der Waals surface area contributed by atoms with Crippen molar-refractivity contribution < 1.29 is 18.0 Å². The Morgan fingerprint density at radius 2 is 1.62 bits per heavy atom. The number of nitrogens with one attached hydrogen (secondary N) is 1. The van der Waals surface area contributed by atoms with E-state index in [1.54, 1.807) is 48.5 Å². The number of sulfonamides is 1. The third-order valence-electron chi connectivity index (χ3n) is 4.82. The molecule has 2 aromatic rings. The van der Waals surface area contributed by atoms with Gasteiger partial charge in [-0.05, 0) is 31.2 Å². The molecule has 0 radical (unpaired) electrons. The van der Waals surface area contributed by atoms with Gasteiger partial charge in [0.05, 0.1) is 22.7 Å². The number of para-hydroxylation sites is 1. The van der Waals surface area contributed by atoms with E-state index in [1.807, 2.05) is 11.8 Å². The average molecular weight is 417 g/mol. The maximum absolute atomic E-state index is 12.8. The molecule has 9 heteroatoms. The zero-order valence-electron chi connectivity index (χ0n) is 16.2. The van der Waals surface area contributed by atoms with Gasteiger partial charge in [0.2, 0.25) is 15.9 Å². The molecular formula is C20H24N4O4S. The Balaban J connectivity index is 1.57. The van der Waals surface area contributed by atoms with Crippen LogP contribution < -0.4 is 11.1 Å². The summed E-state index contributed by atoms with van der Waals surface area (Å²) < 4.78 is 26.9. The number of hydrogen-bond donors (Lipinski definition) is 2. The van der Waals surface area contributed by atoms with Crippen LogP contribution in [0.3, 0.4) is 0 Å². The van der Waals surface area contributed by atoms with Gasteiger partial charge in [0.25, 0.3) is 5.91 Å². The number of amides is 2. The maximum Gasteiger partial charge on any atom is 0.250 e. The van der Waals surface area contributed by atoms with E-state index in [2.05, 4.69) is 5.32 Å². The normalized spacial score (nSPS) is 15.8. The van der Waals surface area contributed by atoms with Crippen LogP contribution in [0.15, 0.2) is 53.4 Å². The molecule has 0 spiro atoms. The van der Waals surface area contributed by atoms with Gasteiger partial charge >= 0.3 is 0 Å². The maximum atomic E-state index is 12.8. The third kappa shape index (κ3) is 5.00. The first-order valence-electron chi connectivity index (χ1n) is 9.25. The van der Waals surface area contributed by atoms with E-state index in [-0.39, 0.29) is 22.9 Å². The fourth-order valence-corrected chi connectivity index (χ4v) is 4.61. The van der Waals surface area contributed by atoms with E-state index in [9.17, 15) is 18.0 Å². The fraction of sp³-hybridized carbons (Fsp3) is 0.300. The quantitative estimate of drug-likeness (QED) is 0.731. The molecule has 29 heavy (non-hydrogen) atoms. The molecule has 1 saturated heterocycles. The summed E-state index contributed by atoms with van der Waals surface area (Å²) in [6.07, 6.45) is 0. The highest BCUT2D eigenvalue weighted by Gasteiger charge is 2.29. The van der Waals surface area contributed by atoms with Gasteiger partial charge in [0.15, 0.2) is 0 Å². The van der Waals surface area contributed by atoms with Gasteiger partial charge in [0.1, 0.15) is 0 Å². The standard InChI is InChI=1S/C20H24N4O4S/c1-15-6-8-16(9-7-15)29(27,28)24-12-10-23(11-13-24)14-19(25)22-18-5-3-2-4-17(18)20(21)26/h2-9H,10-14H2,1H3,(H2,21,26)(H,22,25). The number of rotatable bonds is 6. The molecule has 1 heterocycles. The molecule has 8 nitrogen and oxygen atoms in total. The molecule has 3 rings (SSSR count). The molecule has 1 fully saturated rings. The Hall–Kier alpha value is -2.75. The Morgan fingerprint density at radius 3 is 2.24 bits per heavy atom. The number of anilines is 1. The lowest BCUT2D eigenvalue weighted by atomic mass is 10.1. The number of piperazine rings is 1. The van der Waals surface area contributed by atoms with Crippen LogP contribution in [-0.4, -0.2) is 62.2 Å². The summed E-state index contributed by atoms with van der Waals surface area (Å²) in [7, 11) is -3.54. The molecule has 1 aliphatic rings. The lowest BCUT2D eigenvalue weighted by Gasteiger charge is -2.33. The van der Waals surface area contributed by atoms with Crippen LogP contribution in [0.2, 0.25) is 0 Å². The van der Waals surface area contributed by atoms with E-state index in [0.717, 1.165) is 5.56 Å². The van der Waals surface area contributed by atoms with E-state index in [1.165, 1.54) is 4.31 Å². The van der Waals surface area contributed by atoms with Gasteiger partial charge in [-0.15, -0.1) is 0 Å². The molecule has 0 aliphatic carbocycles. The number of benzene rings is 2. The van der Waals surface area contributed by atoms with E-state index >= 15 is 0 Å². The number of nitrogens with two attached hydrogens (primary N) is 1. The summed E-state index contributed by atoms with van der Waals surface area (Å²) in [5.41, 5.74) is 6.93. The van der Waals surface area contributed by atoms with E-state index < -0.39 is 15.9 Å². The van der Waals surface area contributed by atoms with Crippen molar-refractivity contribution >= 4 is 27.5 Å². The first-order chi connectivity index (χ1) is 13.8. The fourth-order valence-electron chi connectivity index (χ4n) is 3.19. The summed E-state index contributed by atoms with van der Waals surface area (Å²) in [4.78, 5) is 26.0. The van der Waals surface area contributed by atoms with Gasteiger partial charge in [-0.25, -0.2) is 8.42 Å². The summed E-state index contributed by atoms with van der Waals surface area (Å²) >= 11 is 0. The Kier molecular flexibility index (Phi) is 6.31. The van der Waals surface area contributed by atoms with Crippen LogP contribution in [0, 0.1) is 6.92 Å². The lowest BCUT2D eigenvalue weighted by Crippen LogP contribution is -2.50. The Morgan fingerprint density at radius 1 is 1.00 bits per heavy atom. The predicted molar refractivity (Wildman–Crippen MR) is 110 cm³/mol. The van der Waals surface area contributed by atoms with Crippen LogP contribution in [0.25, 0.3) is 0 Å². The largest absolute Gasteiger partial charge is 0.366 e. The molecule has 0 atom stereocenters. The molecule has 0 saturated carbocycles. The molecule has 154 valence electrons. The summed E-state index contributed by atoms with van der Waals surface area (Å²) in [5.74, 6) is -0.899. The minimum absolute atomic E-state index is 0.103. The second-order valence-electron chi connectivity index (χ2n) is 6.95. The van der Waals surface area contributed by atoms with Crippen molar-refractivity contribution in [1.29, 1.82) is 0 Å². The van der Waals surface area contributed by atoms with Gasteiger partial charge < -0.3 is 11.1 Å². The monoisotopic (exact) mass is 416 g/mol. The predicted octanol–water partition coefficient (Wildman–Crippen LogP) is 1.04.